The Labute approximate surface area is 95.0 Å². The lowest BCUT2D eigenvalue weighted by Crippen LogP contribution is -2.41. The van der Waals surface area contributed by atoms with Gasteiger partial charge in [-0.05, 0) is 34.6 Å². The molecule has 15 heavy (non-hydrogen) atoms. The first-order chi connectivity index (χ1) is 6.83. The van der Waals surface area contributed by atoms with Crippen LogP contribution in [0.3, 0.4) is 0 Å². The molecule has 82 valence electrons. The van der Waals surface area contributed by atoms with Gasteiger partial charge in [0.05, 0.1) is 22.3 Å². The summed E-state index contributed by atoms with van der Waals surface area (Å²) in [5, 5.41) is 0. The first-order valence-electron chi connectivity index (χ1n) is 5.09. The molecule has 0 amide bonds. The van der Waals surface area contributed by atoms with Crippen molar-refractivity contribution in [3.63, 3.8) is 0 Å². The van der Waals surface area contributed by atoms with Gasteiger partial charge in [0.1, 0.15) is 0 Å². The molecule has 0 aliphatic carbocycles. The number of hydrogen-bond donors (Lipinski definition) is 0. The molecule has 5 heteroatoms. The highest BCUT2D eigenvalue weighted by atomic mass is 32.1. The third-order valence-electron chi connectivity index (χ3n) is 3.26. The first-order valence-corrected chi connectivity index (χ1v) is 5.97. The predicted octanol–water partition coefficient (Wildman–Crippen LogP) is 1.75. The van der Waals surface area contributed by atoms with Crippen LogP contribution in [0.4, 0.5) is 0 Å². The van der Waals surface area contributed by atoms with Crippen molar-refractivity contribution < 1.29 is 9.31 Å². The Morgan fingerprint density at radius 3 is 2.13 bits per heavy atom. The maximum atomic E-state index is 5.91. The average molecular weight is 225 g/mol. The van der Waals surface area contributed by atoms with E-state index in [0.717, 1.165) is 10.5 Å². The Hall–Kier alpha value is -0.385. The summed E-state index contributed by atoms with van der Waals surface area (Å²) in [5.74, 6) is 0. The Balaban J connectivity index is 2.27. The van der Waals surface area contributed by atoms with E-state index in [2.05, 4.69) is 32.7 Å². The summed E-state index contributed by atoms with van der Waals surface area (Å²) in [5.41, 5.74) is 2.18. The number of nitrogens with zero attached hydrogens (tertiary/aromatic N) is 1. The number of rotatable bonds is 1. The molecule has 0 unspecified atom stereocenters. The second kappa shape index (κ2) is 3.30. The summed E-state index contributed by atoms with van der Waals surface area (Å²) in [6.45, 7) is 10.2. The zero-order valence-electron chi connectivity index (χ0n) is 9.83. The molecule has 0 N–H and O–H groups in total. The molecule has 1 aromatic rings. The first kappa shape index (κ1) is 11.1. The van der Waals surface area contributed by atoms with Gasteiger partial charge in [0.25, 0.3) is 0 Å². The minimum atomic E-state index is -0.318. The van der Waals surface area contributed by atoms with Gasteiger partial charge in [0, 0.05) is 4.88 Å². The topological polar surface area (TPSA) is 31.4 Å². The smallest absolute Gasteiger partial charge is 0.398 e. The van der Waals surface area contributed by atoms with Crippen LogP contribution in [0.15, 0.2) is 5.51 Å². The summed E-state index contributed by atoms with van der Waals surface area (Å²) in [4.78, 5) is 5.46. The lowest BCUT2D eigenvalue weighted by molar-refractivity contribution is 0.00578. The Morgan fingerprint density at radius 1 is 1.20 bits per heavy atom. The molecule has 0 bridgehead atoms. The summed E-state index contributed by atoms with van der Waals surface area (Å²) >= 11 is 1.62. The Morgan fingerprint density at radius 2 is 1.73 bits per heavy atom. The van der Waals surface area contributed by atoms with E-state index in [-0.39, 0.29) is 18.3 Å². The molecule has 1 saturated heterocycles. The van der Waals surface area contributed by atoms with Gasteiger partial charge < -0.3 is 9.31 Å². The minimum absolute atomic E-state index is 0.284. The summed E-state index contributed by atoms with van der Waals surface area (Å²) in [6, 6.07) is 0. The van der Waals surface area contributed by atoms with Gasteiger partial charge in [0.2, 0.25) is 0 Å². The van der Waals surface area contributed by atoms with Gasteiger partial charge in [-0.25, -0.2) is 0 Å². The van der Waals surface area contributed by atoms with E-state index in [9.17, 15) is 0 Å². The molecule has 1 fully saturated rings. The van der Waals surface area contributed by atoms with Crippen molar-refractivity contribution in [3.8, 4) is 0 Å². The number of thiazole rings is 1. The van der Waals surface area contributed by atoms with E-state index in [1.807, 2.05) is 12.4 Å². The predicted molar refractivity (Wildman–Crippen MR) is 62.6 cm³/mol. The molecule has 1 aliphatic heterocycles. The van der Waals surface area contributed by atoms with E-state index in [0.29, 0.717) is 0 Å². The van der Waals surface area contributed by atoms with Crippen LogP contribution in [0.1, 0.15) is 32.6 Å². The van der Waals surface area contributed by atoms with Crippen LogP contribution in [-0.2, 0) is 9.31 Å². The molecule has 0 saturated carbocycles. The fourth-order valence-corrected chi connectivity index (χ4v) is 2.09. The van der Waals surface area contributed by atoms with Gasteiger partial charge in [-0.2, -0.15) is 0 Å². The highest BCUT2D eigenvalue weighted by molar-refractivity contribution is 7.10. The van der Waals surface area contributed by atoms with Crippen LogP contribution in [-0.4, -0.2) is 23.3 Å². The summed E-state index contributed by atoms with van der Waals surface area (Å²) in [7, 11) is -0.318. The van der Waals surface area contributed by atoms with Crippen molar-refractivity contribution in [2.45, 2.75) is 45.8 Å². The van der Waals surface area contributed by atoms with Crippen molar-refractivity contribution in [3.05, 3.63) is 10.4 Å². The summed E-state index contributed by atoms with van der Waals surface area (Å²) < 4.78 is 11.8. The SMILES string of the molecule is Cc1scnc1B1OC(C)(C)C(C)(C)O1. The summed E-state index contributed by atoms with van der Waals surface area (Å²) in [6.07, 6.45) is 0. The quantitative estimate of drug-likeness (QED) is 0.682. The lowest BCUT2D eigenvalue weighted by atomic mass is 9.84. The fourth-order valence-electron chi connectivity index (χ4n) is 1.49. The lowest BCUT2D eigenvalue weighted by Gasteiger charge is -2.32. The number of aromatic nitrogens is 1. The van der Waals surface area contributed by atoms with Crippen molar-refractivity contribution in [1.29, 1.82) is 0 Å². The largest absolute Gasteiger partial charge is 0.515 e. The van der Waals surface area contributed by atoms with Gasteiger partial charge in [-0.15, -0.1) is 11.3 Å². The van der Waals surface area contributed by atoms with E-state index < -0.39 is 0 Å². The monoisotopic (exact) mass is 225 g/mol. The van der Waals surface area contributed by atoms with Gasteiger partial charge >= 0.3 is 7.12 Å². The van der Waals surface area contributed by atoms with Crippen LogP contribution in [0, 0.1) is 6.92 Å². The van der Waals surface area contributed by atoms with E-state index in [1.54, 1.807) is 11.3 Å². The van der Waals surface area contributed by atoms with E-state index >= 15 is 0 Å². The second-order valence-corrected chi connectivity index (χ2v) is 5.94. The van der Waals surface area contributed by atoms with E-state index in [1.165, 1.54) is 0 Å². The van der Waals surface area contributed by atoms with Crippen LogP contribution < -0.4 is 5.59 Å². The Bertz CT molecular complexity index is 359. The number of aryl methyl sites for hydroxylation is 1. The minimum Gasteiger partial charge on any atom is -0.398 e. The standard InChI is InChI=1S/C10H16BNO2S/c1-7-8(12-6-15-7)11-13-9(2,3)10(4,5)14-11/h6H,1-5H3. The zero-order valence-corrected chi connectivity index (χ0v) is 10.6. The molecule has 1 aliphatic rings. The van der Waals surface area contributed by atoms with Crippen molar-refractivity contribution >= 4 is 24.0 Å². The fraction of sp³-hybridized carbons (Fsp3) is 0.700. The Kier molecular flexibility index (Phi) is 2.45. The van der Waals surface area contributed by atoms with Crippen molar-refractivity contribution in [2.75, 3.05) is 0 Å². The number of hydrogen-bond acceptors (Lipinski definition) is 4. The molecule has 0 aromatic carbocycles. The van der Waals surface area contributed by atoms with E-state index in [4.69, 9.17) is 9.31 Å². The van der Waals surface area contributed by atoms with Gasteiger partial charge in [-0.3, -0.25) is 4.98 Å². The second-order valence-electron chi connectivity index (χ2n) is 4.88. The van der Waals surface area contributed by atoms with Crippen molar-refractivity contribution in [2.24, 2.45) is 0 Å². The van der Waals surface area contributed by atoms with Crippen molar-refractivity contribution in [1.82, 2.24) is 4.98 Å². The molecular weight excluding hydrogens is 209 g/mol. The van der Waals surface area contributed by atoms with Crippen LogP contribution in [0.5, 0.6) is 0 Å². The normalized spacial score (nSPS) is 23.4. The molecule has 1 aromatic heterocycles. The molecule has 3 nitrogen and oxygen atoms in total. The van der Waals surface area contributed by atoms with Crippen LogP contribution in [0.2, 0.25) is 0 Å². The maximum Gasteiger partial charge on any atom is 0.515 e. The van der Waals surface area contributed by atoms with Crippen LogP contribution in [0.25, 0.3) is 0 Å². The van der Waals surface area contributed by atoms with Gasteiger partial charge in [0.15, 0.2) is 0 Å². The highest BCUT2D eigenvalue weighted by Crippen LogP contribution is 2.36. The molecular formula is C10H16BNO2S. The molecule has 0 radical (unpaired) electrons. The zero-order chi connectivity index (χ0) is 11.3. The third-order valence-corrected chi connectivity index (χ3v) is 4.03. The highest BCUT2D eigenvalue weighted by Gasteiger charge is 2.52. The third kappa shape index (κ3) is 1.73. The molecule has 0 atom stereocenters. The van der Waals surface area contributed by atoms with Gasteiger partial charge in [-0.1, -0.05) is 0 Å². The average Bonchev–Trinajstić information content (AvgIpc) is 2.55. The maximum absolute atomic E-state index is 5.91. The molecule has 0 spiro atoms. The molecule has 2 rings (SSSR count). The van der Waals surface area contributed by atoms with Crippen LogP contribution >= 0.6 is 11.3 Å². The molecule has 2 heterocycles.